The van der Waals surface area contributed by atoms with Gasteiger partial charge in [-0.2, -0.15) is 0 Å². The maximum absolute atomic E-state index is 12.3. The molecule has 0 heterocycles. The monoisotopic (exact) mass is 406 g/mol. The topological polar surface area (TPSA) is 63.6 Å². The van der Waals surface area contributed by atoms with Gasteiger partial charge < -0.3 is 9.84 Å². The van der Waals surface area contributed by atoms with Crippen LogP contribution in [0.5, 0.6) is 0 Å². The first-order valence-electron chi connectivity index (χ1n) is 7.00. The Balaban J connectivity index is 2.18. The maximum Gasteiger partial charge on any atom is 0.339 e. The van der Waals surface area contributed by atoms with Crippen molar-refractivity contribution in [2.24, 2.45) is 0 Å². The third kappa shape index (κ3) is 4.72. The first-order chi connectivity index (χ1) is 11.5. The highest BCUT2D eigenvalue weighted by Crippen LogP contribution is 2.26. The number of ether oxygens (including phenoxy) is 1. The van der Waals surface area contributed by atoms with Crippen molar-refractivity contribution in [1.29, 1.82) is 0 Å². The number of carboxylic acid groups (broad SMARTS) is 1. The van der Waals surface area contributed by atoms with Crippen LogP contribution in [0.1, 0.15) is 21.5 Å². The molecule has 124 valence electrons. The zero-order chi connectivity index (χ0) is 17.5. The Hall–Kier alpha value is -2.05. The summed E-state index contributed by atoms with van der Waals surface area (Å²) >= 11 is 4.47. The van der Waals surface area contributed by atoms with Gasteiger partial charge in [0, 0.05) is 15.8 Å². The summed E-state index contributed by atoms with van der Waals surface area (Å²) in [7, 11) is 1.40. The lowest BCUT2D eigenvalue weighted by molar-refractivity contribution is -0.130. The molecule has 0 atom stereocenters. The van der Waals surface area contributed by atoms with Crippen LogP contribution >= 0.6 is 27.7 Å². The molecule has 0 fully saturated rings. The van der Waals surface area contributed by atoms with Crippen molar-refractivity contribution in [1.82, 2.24) is 0 Å². The molecule has 0 aromatic heterocycles. The zero-order valence-corrected chi connectivity index (χ0v) is 15.3. The lowest BCUT2D eigenvalue weighted by Gasteiger charge is -2.09. The van der Waals surface area contributed by atoms with Crippen molar-refractivity contribution in [3.8, 4) is 0 Å². The van der Waals surface area contributed by atoms with Crippen molar-refractivity contribution >= 4 is 44.3 Å². The fourth-order valence-electron chi connectivity index (χ4n) is 2.07. The molecule has 2 rings (SSSR count). The van der Waals surface area contributed by atoms with Gasteiger partial charge in [0.1, 0.15) is 5.57 Å². The third-order valence-electron chi connectivity index (χ3n) is 3.21. The van der Waals surface area contributed by atoms with Crippen molar-refractivity contribution in [2.45, 2.75) is 5.75 Å². The van der Waals surface area contributed by atoms with E-state index in [9.17, 15) is 14.7 Å². The summed E-state index contributed by atoms with van der Waals surface area (Å²) in [6.45, 7) is 0. The summed E-state index contributed by atoms with van der Waals surface area (Å²) in [5.41, 5.74) is 1.97. The van der Waals surface area contributed by atoms with E-state index in [1.54, 1.807) is 24.3 Å². The van der Waals surface area contributed by atoms with Crippen LogP contribution in [0.4, 0.5) is 0 Å². The normalized spacial score (nSPS) is 11.2. The molecule has 4 nitrogen and oxygen atoms in total. The molecule has 0 aliphatic carbocycles. The molecule has 0 spiro atoms. The van der Waals surface area contributed by atoms with E-state index in [0.29, 0.717) is 16.9 Å². The highest BCUT2D eigenvalue weighted by atomic mass is 79.9. The minimum Gasteiger partial charge on any atom is -0.503 e. The maximum atomic E-state index is 12.3. The molecule has 0 saturated carbocycles. The Labute approximate surface area is 152 Å². The van der Waals surface area contributed by atoms with Gasteiger partial charge in [-0.15, -0.1) is 0 Å². The number of rotatable bonds is 6. The van der Waals surface area contributed by atoms with Crippen LogP contribution in [0.2, 0.25) is 0 Å². The Morgan fingerprint density at radius 1 is 1.17 bits per heavy atom. The summed E-state index contributed by atoms with van der Waals surface area (Å²) in [4.78, 5) is 23.7. The number of methoxy groups -OCH3 is 1. The summed E-state index contributed by atoms with van der Waals surface area (Å²) in [6, 6.07) is 14.2. The van der Waals surface area contributed by atoms with Gasteiger partial charge in [0.2, 0.25) is 5.12 Å². The number of hydrogen-bond donors (Lipinski definition) is 1. The first-order valence-corrected chi connectivity index (χ1v) is 8.78. The van der Waals surface area contributed by atoms with Crippen LogP contribution in [-0.2, 0) is 15.3 Å². The quantitative estimate of drug-likeness (QED) is 0.561. The van der Waals surface area contributed by atoms with Gasteiger partial charge in [-0.3, -0.25) is 4.79 Å². The zero-order valence-electron chi connectivity index (χ0n) is 12.9. The van der Waals surface area contributed by atoms with Crippen LogP contribution in [0.25, 0.3) is 5.57 Å². The van der Waals surface area contributed by atoms with Crippen molar-refractivity contribution in [3.63, 3.8) is 0 Å². The first kappa shape index (κ1) is 18.3. The van der Waals surface area contributed by atoms with Gasteiger partial charge in [-0.25, -0.2) is 4.79 Å². The van der Waals surface area contributed by atoms with Gasteiger partial charge in [-0.05, 0) is 35.4 Å². The molecule has 24 heavy (non-hydrogen) atoms. The van der Waals surface area contributed by atoms with E-state index in [1.165, 1.54) is 13.4 Å². The molecule has 0 saturated heterocycles. The average Bonchev–Trinajstić information content (AvgIpc) is 2.58. The van der Waals surface area contributed by atoms with Gasteiger partial charge in [0.25, 0.3) is 0 Å². The van der Waals surface area contributed by atoms with Gasteiger partial charge in [0.05, 0.1) is 13.4 Å². The summed E-state index contributed by atoms with van der Waals surface area (Å²) in [5.74, 6) is -0.701. The Kier molecular flexibility index (Phi) is 6.63. The number of carboxylic acids is 1. The lowest BCUT2D eigenvalue weighted by Crippen LogP contribution is -2.04. The molecule has 1 N–H and O–H groups in total. The number of benzene rings is 2. The van der Waals surface area contributed by atoms with E-state index < -0.39 is 5.97 Å². The molecular weight excluding hydrogens is 392 g/mol. The predicted octanol–water partition coefficient (Wildman–Crippen LogP) is 4.59. The van der Waals surface area contributed by atoms with E-state index in [1.807, 2.05) is 24.3 Å². The molecule has 0 amide bonds. The van der Waals surface area contributed by atoms with Gasteiger partial charge in [0.15, 0.2) is 0 Å². The molecule has 0 unspecified atom stereocenters. The van der Waals surface area contributed by atoms with Crippen molar-refractivity contribution in [3.05, 3.63) is 76.0 Å². The fourth-order valence-corrected chi connectivity index (χ4v) is 3.17. The minimum atomic E-state index is -1.08. The second kappa shape index (κ2) is 8.70. The van der Waals surface area contributed by atoms with E-state index in [0.717, 1.165) is 21.8 Å². The number of halogens is 1. The minimum absolute atomic E-state index is 0.0600. The number of thioether (sulfide) groups is 1. The molecule has 0 aliphatic rings. The fraction of sp³-hybridized carbons (Fsp3) is 0.111. The van der Waals surface area contributed by atoms with Gasteiger partial charge >= 0.3 is 5.97 Å². The highest BCUT2D eigenvalue weighted by molar-refractivity contribution is 9.10. The highest BCUT2D eigenvalue weighted by Gasteiger charge is 2.16. The van der Waals surface area contributed by atoms with Crippen LogP contribution in [0, 0.1) is 0 Å². The van der Waals surface area contributed by atoms with Crippen molar-refractivity contribution < 1.29 is 19.4 Å². The number of carbonyl (C=O) groups is 2. The predicted molar refractivity (Wildman–Crippen MR) is 98.8 cm³/mol. The largest absolute Gasteiger partial charge is 0.503 e. The molecule has 2 aromatic rings. The lowest BCUT2D eigenvalue weighted by atomic mass is 10.0. The smallest absolute Gasteiger partial charge is 0.339 e. The molecule has 2 aromatic carbocycles. The summed E-state index contributed by atoms with van der Waals surface area (Å²) in [5, 5.41) is 9.27. The molecule has 0 aliphatic heterocycles. The van der Waals surface area contributed by atoms with E-state index in [4.69, 9.17) is 4.74 Å². The Bertz CT molecular complexity index is 769. The molecule has 0 bridgehead atoms. The molecule has 0 radical (unpaired) electrons. The SMILES string of the molecule is CO/C=C(/C(=O)O)c1ccccc1CSC(=O)c1ccc(Br)cc1. The van der Waals surface area contributed by atoms with Crippen LogP contribution in [0.3, 0.4) is 0 Å². The standard InChI is InChI=1S/C18H15BrO4S/c1-23-10-16(17(20)21)15-5-3-2-4-13(15)11-24-18(22)12-6-8-14(19)9-7-12/h2-10H,11H2,1H3,(H,20,21)/b16-10+. The molecule has 6 heteroatoms. The van der Waals surface area contributed by atoms with E-state index in [-0.39, 0.29) is 10.7 Å². The summed E-state index contributed by atoms with van der Waals surface area (Å²) in [6.07, 6.45) is 1.20. The van der Waals surface area contributed by atoms with E-state index >= 15 is 0 Å². The van der Waals surface area contributed by atoms with E-state index in [2.05, 4.69) is 15.9 Å². The number of aliphatic carboxylic acids is 1. The number of carbonyl (C=O) groups excluding carboxylic acids is 1. The molecular formula is C18H15BrO4S. The summed E-state index contributed by atoms with van der Waals surface area (Å²) < 4.78 is 5.77. The van der Waals surface area contributed by atoms with Crippen LogP contribution in [0.15, 0.2) is 59.3 Å². The Morgan fingerprint density at radius 3 is 2.46 bits per heavy atom. The second-order valence-electron chi connectivity index (χ2n) is 4.81. The van der Waals surface area contributed by atoms with Crippen LogP contribution in [-0.4, -0.2) is 23.3 Å². The second-order valence-corrected chi connectivity index (χ2v) is 6.68. The van der Waals surface area contributed by atoms with Gasteiger partial charge in [-0.1, -0.05) is 52.0 Å². The Morgan fingerprint density at radius 2 is 1.83 bits per heavy atom. The third-order valence-corrected chi connectivity index (χ3v) is 4.69. The number of hydrogen-bond acceptors (Lipinski definition) is 4. The van der Waals surface area contributed by atoms with Crippen molar-refractivity contribution in [2.75, 3.05) is 7.11 Å². The average molecular weight is 407 g/mol. The van der Waals surface area contributed by atoms with Crippen LogP contribution < -0.4 is 0 Å².